The molecule has 0 amide bonds. The van der Waals surface area contributed by atoms with E-state index in [0.717, 1.165) is 29.9 Å². The number of nitrogens with zero attached hydrogens (tertiary/aromatic N) is 5. The highest BCUT2D eigenvalue weighted by Gasteiger charge is 2.33. The maximum atomic E-state index is 15.7. The Bertz CT molecular complexity index is 1460. The van der Waals surface area contributed by atoms with Crippen LogP contribution in [0.25, 0.3) is 11.3 Å². The van der Waals surface area contributed by atoms with Crippen molar-refractivity contribution in [1.29, 1.82) is 0 Å². The van der Waals surface area contributed by atoms with E-state index in [-0.39, 0.29) is 52.1 Å². The zero-order chi connectivity index (χ0) is 30.9. The van der Waals surface area contributed by atoms with Gasteiger partial charge in [0.15, 0.2) is 16.8 Å². The van der Waals surface area contributed by atoms with Crippen molar-refractivity contribution in [1.82, 2.24) is 19.9 Å². The number of ether oxygens (including phenoxy) is 1. The molecule has 0 saturated carbocycles. The molecule has 0 radical (unpaired) electrons. The topological polar surface area (TPSA) is 104 Å². The number of likely N-dealkylation sites (tertiary alicyclic amines) is 1. The van der Waals surface area contributed by atoms with Gasteiger partial charge in [-0.2, -0.15) is 17.6 Å². The summed E-state index contributed by atoms with van der Waals surface area (Å²) in [5.41, 5.74) is -0.324. The number of halogens is 5. The Balaban J connectivity index is 1.42. The van der Waals surface area contributed by atoms with Gasteiger partial charge in [-0.25, -0.2) is 19.7 Å². The molecule has 0 spiro atoms. The number of piperidine rings is 1. The third-order valence-electron chi connectivity index (χ3n) is 7.84. The molecule has 43 heavy (non-hydrogen) atoms. The zero-order valence-electron chi connectivity index (χ0n) is 23.5. The van der Waals surface area contributed by atoms with Crippen LogP contribution in [-0.2, 0) is 22.3 Å². The number of rotatable bonds is 9. The van der Waals surface area contributed by atoms with Crippen molar-refractivity contribution >= 4 is 45.7 Å². The maximum absolute atomic E-state index is 15.7. The van der Waals surface area contributed by atoms with Gasteiger partial charge in [-0.05, 0) is 57.7 Å². The van der Waals surface area contributed by atoms with Crippen LogP contribution in [0.15, 0.2) is 24.5 Å². The summed E-state index contributed by atoms with van der Waals surface area (Å²) in [6, 6.07) is 3.92. The molecular weight excluding hydrogens is 612 g/mol. The van der Waals surface area contributed by atoms with E-state index in [9.17, 15) is 18.0 Å². The summed E-state index contributed by atoms with van der Waals surface area (Å²) < 4.78 is 61.9. The first-order valence-electron chi connectivity index (χ1n) is 13.9. The first-order chi connectivity index (χ1) is 20.4. The average molecular weight is 643 g/mol. The highest BCUT2D eigenvalue weighted by atomic mass is 35.5. The number of hydrogen-bond acceptors (Lipinski definition) is 9. The van der Waals surface area contributed by atoms with Gasteiger partial charge in [0, 0.05) is 47.2 Å². The smallest absolute Gasteiger partial charge is 0.416 e. The molecule has 3 aromatic rings. The van der Waals surface area contributed by atoms with Crippen LogP contribution >= 0.6 is 22.9 Å². The normalized spacial score (nSPS) is 20.1. The SMILES string of the molecule is C[C@@H]1CC[C@@H](C)N1Cc1sc(Nc2ncnc(N3CCC(OCC(=O)O)CC3)c2F)nc1-c1cc(Cl)cc(C(F)(F)F)c1. The van der Waals surface area contributed by atoms with Crippen LogP contribution in [0.5, 0.6) is 0 Å². The molecule has 0 bridgehead atoms. The lowest BCUT2D eigenvalue weighted by molar-refractivity contribution is -0.144. The molecule has 2 saturated heterocycles. The van der Waals surface area contributed by atoms with E-state index >= 15 is 4.39 Å². The van der Waals surface area contributed by atoms with E-state index in [1.807, 2.05) is 0 Å². The van der Waals surface area contributed by atoms with Gasteiger partial charge in [-0.3, -0.25) is 4.90 Å². The minimum atomic E-state index is -4.59. The molecule has 2 N–H and O–H groups in total. The van der Waals surface area contributed by atoms with Gasteiger partial charge in [0.05, 0.1) is 17.4 Å². The number of carbonyl (C=O) groups is 1. The molecule has 2 fully saturated rings. The van der Waals surface area contributed by atoms with Crippen molar-refractivity contribution in [2.45, 2.75) is 70.4 Å². The van der Waals surface area contributed by atoms with Crippen molar-refractivity contribution in [2.75, 3.05) is 29.9 Å². The summed E-state index contributed by atoms with van der Waals surface area (Å²) in [5, 5.41) is 12.0. The van der Waals surface area contributed by atoms with Crippen LogP contribution in [0, 0.1) is 5.82 Å². The summed E-state index contributed by atoms with van der Waals surface area (Å²) in [5.74, 6) is -1.79. The molecule has 1 aromatic carbocycles. The second kappa shape index (κ2) is 12.9. The number of hydrogen-bond donors (Lipinski definition) is 2. The highest BCUT2D eigenvalue weighted by molar-refractivity contribution is 7.16. The van der Waals surface area contributed by atoms with Crippen molar-refractivity contribution in [2.24, 2.45) is 0 Å². The Morgan fingerprint density at radius 2 is 1.84 bits per heavy atom. The number of aliphatic carboxylic acids is 1. The van der Waals surface area contributed by atoms with Gasteiger partial charge >= 0.3 is 12.1 Å². The number of anilines is 3. The first-order valence-corrected chi connectivity index (χ1v) is 15.1. The lowest BCUT2D eigenvalue weighted by Crippen LogP contribution is -2.38. The molecule has 9 nitrogen and oxygen atoms in total. The molecule has 0 aliphatic carbocycles. The van der Waals surface area contributed by atoms with Crippen LogP contribution in [0.3, 0.4) is 0 Å². The van der Waals surface area contributed by atoms with E-state index in [4.69, 9.17) is 21.4 Å². The Hall–Kier alpha value is -3.07. The fourth-order valence-electron chi connectivity index (χ4n) is 5.55. The number of benzene rings is 1. The fourth-order valence-corrected chi connectivity index (χ4v) is 6.77. The second-order valence-corrected chi connectivity index (χ2v) is 12.4. The van der Waals surface area contributed by atoms with Gasteiger partial charge in [-0.1, -0.05) is 22.9 Å². The Labute approximate surface area is 254 Å². The molecular formula is C28H31ClF4N6O3S. The molecule has 15 heteroatoms. The van der Waals surface area contributed by atoms with Crippen LogP contribution in [0.1, 0.15) is 50.0 Å². The van der Waals surface area contributed by atoms with Crippen molar-refractivity contribution in [3.05, 3.63) is 45.8 Å². The first kappa shape index (κ1) is 31.4. The summed E-state index contributed by atoms with van der Waals surface area (Å²) in [4.78, 5) is 28.3. The predicted molar refractivity (Wildman–Crippen MR) is 155 cm³/mol. The second-order valence-electron chi connectivity index (χ2n) is 10.8. The van der Waals surface area contributed by atoms with E-state index in [0.29, 0.717) is 38.2 Å². The Kier molecular flexibility index (Phi) is 9.40. The number of nitrogens with one attached hydrogen (secondary N) is 1. The van der Waals surface area contributed by atoms with Gasteiger partial charge in [0.1, 0.15) is 12.9 Å². The average Bonchev–Trinajstić information content (AvgIpc) is 3.50. The molecule has 2 aromatic heterocycles. The summed E-state index contributed by atoms with van der Waals surface area (Å²) >= 11 is 7.33. The molecule has 4 heterocycles. The molecule has 0 unspecified atom stereocenters. The standard InChI is InChI=1S/C28H31ClF4N6O3S/c1-15-3-4-16(2)39(15)12-21-24(17-9-18(28(31,32)33)11-19(29)10-17)36-27(43-21)37-25-23(30)26(35-14-34-25)38-7-5-20(6-8-38)42-13-22(40)41/h9-11,14-16,20H,3-8,12-13H2,1-2H3,(H,40,41)(H,34,35,36,37)/t15-,16-/m1/s1. The zero-order valence-corrected chi connectivity index (χ0v) is 25.1. The number of carboxylic acids is 1. The van der Waals surface area contributed by atoms with Crippen LogP contribution in [0.2, 0.25) is 5.02 Å². The summed E-state index contributed by atoms with van der Waals surface area (Å²) in [6.07, 6.45) is -0.582. The molecule has 5 rings (SSSR count). The Morgan fingerprint density at radius 1 is 1.14 bits per heavy atom. The summed E-state index contributed by atoms with van der Waals surface area (Å²) in [7, 11) is 0. The third kappa shape index (κ3) is 7.36. The van der Waals surface area contributed by atoms with Gasteiger partial charge in [-0.15, -0.1) is 0 Å². The molecule has 2 aliphatic heterocycles. The number of carboxylic acid groups (broad SMARTS) is 1. The van der Waals surface area contributed by atoms with E-state index in [1.54, 1.807) is 4.90 Å². The quantitative estimate of drug-likeness (QED) is 0.250. The summed E-state index contributed by atoms with van der Waals surface area (Å²) in [6.45, 7) is 5.12. The molecule has 232 valence electrons. The lowest BCUT2D eigenvalue weighted by Gasteiger charge is -2.32. The molecule has 2 aliphatic rings. The Morgan fingerprint density at radius 3 is 2.49 bits per heavy atom. The maximum Gasteiger partial charge on any atom is 0.416 e. The van der Waals surface area contributed by atoms with E-state index in [1.165, 1.54) is 23.7 Å². The van der Waals surface area contributed by atoms with Crippen molar-refractivity contribution < 1.29 is 32.2 Å². The van der Waals surface area contributed by atoms with E-state index in [2.05, 4.69) is 39.0 Å². The highest BCUT2D eigenvalue weighted by Crippen LogP contribution is 2.40. The van der Waals surface area contributed by atoms with Crippen LogP contribution in [0.4, 0.5) is 34.3 Å². The van der Waals surface area contributed by atoms with Gasteiger partial charge in [0.2, 0.25) is 5.82 Å². The third-order valence-corrected chi connectivity index (χ3v) is 9.01. The van der Waals surface area contributed by atoms with Crippen molar-refractivity contribution in [3.8, 4) is 11.3 Å². The van der Waals surface area contributed by atoms with Crippen LogP contribution in [-0.4, -0.2) is 68.8 Å². The fraction of sp³-hybridized carbons (Fsp3) is 0.500. The number of alkyl halides is 3. The van der Waals surface area contributed by atoms with Crippen LogP contribution < -0.4 is 10.2 Å². The monoisotopic (exact) mass is 642 g/mol. The number of aromatic nitrogens is 3. The van der Waals surface area contributed by atoms with E-state index < -0.39 is 23.5 Å². The molecule has 2 atom stereocenters. The largest absolute Gasteiger partial charge is 0.480 e. The van der Waals surface area contributed by atoms with Crippen molar-refractivity contribution in [3.63, 3.8) is 0 Å². The minimum Gasteiger partial charge on any atom is -0.480 e. The van der Waals surface area contributed by atoms with Gasteiger partial charge < -0.3 is 20.1 Å². The van der Waals surface area contributed by atoms with Gasteiger partial charge in [0.25, 0.3) is 0 Å². The number of thiazole rings is 1. The lowest BCUT2D eigenvalue weighted by atomic mass is 10.1. The predicted octanol–water partition coefficient (Wildman–Crippen LogP) is 6.60. The minimum absolute atomic E-state index is 0.0650.